The molecule has 2 amide bonds. The molecule has 2 unspecified atom stereocenters. The van der Waals surface area contributed by atoms with Crippen LogP contribution in [0.15, 0.2) is 28.1 Å². The van der Waals surface area contributed by atoms with Crippen LogP contribution in [0, 0.1) is 5.92 Å². The molecule has 202 valence electrons. The number of carbonyl (C=O) groups excluding carboxylic acids is 4. The number of β-lactam (4-membered cyclic amide) rings is 1. The summed E-state index contributed by atoms with van der Waals surface area (Å²) in [6.45, 7) is 1.96. The number of Topliss-reactive ketones (excluding diaryl/α,β-unsaturated/α-hetero) is 1. The first kappa shape index (κ1) is 29.6. The number of fused-ring (bicyclic) bond motifs is 1. The molecule has 14 nitrogen and oxygen atoms in total. The maximum atomic E-state index is 13.0. The first-order valence-corrected chi connectivity index (χ1v) is 13.7. The number of nitrogens with two attached hydrogens (primary N) is 1. The Kier molecular flexibility index (Phi) is 9.46. The number of hydrogen-bond acceptors (Lipinski definition) is 14. The summed E-state index contributed by atoms with van der Waals surface area (Å²) < 4.78 is 3.94. The molecule has 1 aromatic rings. The van der Waals surface area contributed by atoms with Crippen molar-refractivity contribution < 1.29 is 58.7 Å². The summed E-state index contributed by atoms with van der Waals surface area (Å²) in [5.41, 5.74) is 6.41. The monoisotopic (exact) mass is 584 g/mol. The number of thioether (sulfide) groups is 1. The van der Waals surface area contributed by atoms with Gasteiger partial charge in [-0.2, -0.15) is 9.36 Å². The second-order valence-corrected chi connectivity index (χ2v) is 11.0. The average Bonchev–Trinajstić information content (AvgIpc) is 3.67. The molecule has 5 N–H and O–H groups in total. The van der Waals surface area contributed by atoms with Gasteiger partial charge in [-0.05, 0) is 25.0 Å². The van der Waals surface area contributed by atoms with Gasteiger partial charge >= 0.3 is 29.6 Å². The number of carbonyl (C=O) groups is 4. The quantitative estimate of drug-likeness (QED) is 0.0977. The molecule has 5 rings (SSSR count). The molecule has 17 heteroatoms. The standard InChI is InChI=1S/C22H26N8O6S2.Na/c1-36-28-13(17-27-22(23)38-29-17)18(32)26-14-19(33)30-15(21(34)35)11(8-37-20(14)30)4-9-5-12(25-6-9)16(31)10-2-3-24-7-10;/h4,10,12,14,20,24-25H,2-3,5-8H2,1H3,(H,26,32)(H,34,35)(H2,23,27,29);/q;+1/p-1/b9-4-,28-13-;/t10?,12?,14-,20-;/m1./s1. The molecule has 0 saturated carbocycles. The number of allylic oxidation sites excluding steroid dienone is 1. The van der Waals surface area contributed by atoms with Crippen molar-refractivity contribution in [2.24, 2.45) is 11.1 Å². The maximum absolute atomic E-state index is 13.0. The van der Waals surface area contributed by atoms with Crippen LogP contribution in [0.3, 0.4) is 0 Å². The Balaban J connectivity index is 0.00000353. The topological polar surface area (TPSA) is 204 Å². The first-order chi connectivity index (χ1) is 18.3. The van der Waals surface area contributed by atoms with E-state index in [-0.39, 0.29) is 75.4 Å². The number of nitrogens with one attached hydrogen (secondary N) is 3. The number of rotatable bonds is 8. The van der Waals surface area contributed by atoms with Crippen molar-refractivity contribution in [3.8, 4) is 0 Å². The fourth-order valence-electron chi connectivity index (χ4n) is 4.96. The molecular weight excluding hydrogens is 559 g/mol. The van der Waals surface area contributed by atoms with E-state index < -0.39 is 29.2 Å². The predicted octanol–water partition coefficient (Wildman–Crippen LogP) is -5.65. The van der Waals surface area contributed by atoms with Crippen molar-refractivity contribution in [2.45, 2.75) is 30.3 Å². The van der Waals surface area contributed by atoms with Crippen molar-refractivity contribution in [2.75, 3.05) is 38.2 Å². The number of aliphatic carboxylic acids is 1. The SMILES string of the molecule is CO/N=C(\C(=O)N[C@@H]1C(=O)N2C(C(=O)[O-])=C(/C=C3\CNC(C(=O)C4CCNC4)C3)CS[C@H]12)c1nsc(N)n1.[Na+]. The van der Waals surface area contributed by atoms with Gasteiger partial charge < -0.3 is 36.4 Å². The third-order valence-electron chi connectivity index (χ3n) is 6.76. The Labute approximate surface area is 253 Å². The molecule has 4 atom stereocenters. The zero-order valence-corrected chi connectivity index (χ0v) is 24.9. The molecule has 0 radical (unpaired) electrons. The van der Waals surface area contributed by atoms with Gasteiger partial charge in [-0.15, -0.1) is 11.8 Å². The summed E-state index contributed by atoms with van der Waals surface area (Å²) in [5.74, 6) is -2.47. The van der Waals surface area contributed by atoms with E-state index in [0.29, 0.717) is 25.1 Å². The van der Waals surface area contributed by atoms with Crippen molar-refractivity contribution in [3.63, 3.8) is 0 Å². The zero-order valence-electron chi connectivity index (χ0n) is 21.3. The van der Waals surface area contributed by atoms with Gasteiger partial charge in [0.1, 0.15) is 18.5 Å². The molecule has 0 spiro atoms. The fraction of sp³-hybridized carbons (Fsp3) is 0.500. The second-order valence-electron chi connectivity index (χ2n) is 9.13. The largest absolute Gasteiger partial charge is 1.00 e. The number of amides is 2. The second kappa shape index (κ2) is 12.4. The van der Waals surface area contributed by atoms with Crippen LogP contribution in [0.1, 0.15) is 18.7 Å². The van der Waals surface area contributed by atoms with E-state index in [4.69, 9.17) is 10.6 Å². The van der Waals surface area contributed by atoms with Gasteiger partial charge in [0, 0.05) is 36.3 Å². The third-order valence-corrected chi connectivity index (χ3v) is 8.60. The molecule has 0 aromatic carbocycles. The number of anilines is 1. The Morgan fingerprint density at radius 3 is 2.79 bits per heavy atom. The van der Waals surface area contributed by atoms with Gasteiger partial charge in [-0.1, -0.05) is 16.8 Å². The molecule has 39 heavy (non-hydrogen) atoms. The average molecular weight is 585 g/mol. The number of oxime groups is 1. The molecule has 0 aliphatic carbocycles. The number of hydrogen-bond donors (Lipinski definition) is 4. The summed E-state index contributed by atoms with van der Waals surface area (Å²) in [6, 6.07) is -1.30. The van der Waals surface area contributed by atoms with Crippen molar-refractivity contribution in [3.05, 3.63) is 28.7 Å². The predicted molar refractivity (Wildman–Crippen MR) is 135 cm³/mol. The number of carboxylic acid groups (broad SMARTS) is 1. The molecule has 0 bridgehead atoms. The summed E-state index contributed by atoms with van der Waals surface area (Å²) in [5, 5.41) is 24.2. The van der Waals surface area contributed by atoms with Gasteiger partial charge in [0.25, 0.3) is 11.8 Å². The number of nitrogens with zero attached hydrogens (tertiary/aromatic N) is 4. The molecule has 3 fully saturated rings. The minimum atomic E-state index is -1.49. The van der Waals surface area contributed by atoms with E-state index in [0.717, 1.165) is 35.0 Å². The first-order valence-electron chi connectivity index (χ1n) is 11.9. The van der Waals surface area contributed by atoms with Gasteiger partial charge in [0.05, 0.1) is 17.7 Å². The summed E-state index contributed by atoms with van der Waals surface area (Å²) >= 11 is 2.18. The Hall–Kier alpha value is -2.34. The fourth-order valence-corrected chi connectivity index (χ4v) is 6.70. The molecule has 3 saturated heterocycles. The van der Waals surface area contributed by atoms with Gasteiger partial charge in [0.15, 0.2) is 10.9 Å². The van der Waals surface area contributed by atoms with Gasteiger partial charge in [-0.3, -0.25) is 19.3 Å². The summed E-state index contributed by atoms with van der Waals surface area (Å²) in [7, 11) is 1.24. The Morgan fingerprint density at radius 1 is 1.36 bits per heavy atom. The minimum Gasteiger partial charge on any atom is -0.543 e. The molecular formula is C22H25N8NaO6S2. The van der Waals surface area contributed by atoms with E-state index >= 15 is 0 Å². The van der Waals surface area contributed by atoms with E-state index in [2.05, 4.69) is 30.5 Å². The Bertz CT molecular complexity index is 1280. The van der Waals surface area contributed by atoms with Crippen molar-refractivity contribution in [1.82, 2.24) is 30.2 Å². The van der Waals surface area contributed by atoms with Crippen LogP contribution in [0.4, 0.5) is 5.13 Å². The molecule has 4 aliphatic heterocycles. The van der Waals surface area contributed by atoms with Crippen LogP contribution in [-0.4, -0.2) is 93.5 Å². The van der Waals surface area contributed by atoms with Gasteiger partial charge in [0.2, 0.25) is 11.5 Å². The molecule has 1 aromatic heterocycles. The van der Waals surface area contributed by atoms with Crippen molar-refractivity contribution >= 4 is 57.7 Å². The molecule has 5 heterocycles. The van der Waals surface area contributed by atoms with E-state index in [9.17, 15) is 24.3 Å². The van der Waals surface area contributed by atoms with Crippen molar-refractivity contribution in [1.29, 1.82) is 0 Å². The van der Waals surface area contributed by atoms with E-state index in [1.807, 2.05) is 0 Å². The van der Waals surface area contributed by atoms with Crippen LogP contribution >= 0.6 is 23.3 Å². The van der Waals surface area contributed by atoms with Crippen LogP contribution < -0.4 is 56.3 Å². The number of carboxylic acids is 1. The minimum absolute atomic E-state index is 0. The van der Waals surface area contributed by atoms with Crippen LogP contribution in [0.25, 0.3) is 0 Å². The van der Waals surface area contributed by atoms with Crippen LogP contribution in [-0.2, 0) is 24.0 Å². The Morgan fingerprint density at radius 2 is 2.15 bits per heavy atom. The van der Waals surface area contributed by atoms with E-state index in [1.165, 1.54) is 18.9 Å². The maximum Gasteiger partial charge on any atom is 1.00 e. The smallest absolute Gasteiger partial charge is 0.543 e. The number of nitrogen functional groups attached to an aromatic ring is 1. The van der Waals surface area contributed by atoms with E-state index in [1.54, 1.807) is 6.08 Å². The van der Waals surface area contributed by atoms with Crippen LogP contribution in [0.5, 0.6) is 0 Å². The van der Waals surface area contributed by atoms with Crippen LogP contribution in [0.2, 0.25) is 0 Å². The summed E-state index contributed by atoms with van der Waals surface area (Å²) in [6.07, 6.45) is 3.04. The third kappa shape index (κ3) is 5.91. The molecule has 4 aliphatic rings. The number of ketones is 1. The van der Waals surface area contributed by atoms with Gasteiger partial charge in [-0.25, -0.2) is 0 Å². The summed E-state index contributed by atoms with van der Waals surface area (Å²) in [4.78, 5) is 60.5. The normalized spacial score (nSPS) is 27.6. The zero-order chi connectivity index (χ0) is 27.0. The number of aromatic nitrogens is 2.